The summed E-state index contributed by atoms with van der Waals surface area (Å²) in [6.45, 7) is 5.55. The second-order valence-corrected chi connectivity index (χ2v) is 10.9. The number of aliphatic carboxylic acids is 1. The third kappa shape index (κ3) is 7.72. The topological polar surface area (TPSA) is 108 Å². The van der Waals surface area contributed by atoms with Gasteiger partial charge in [0.1, 0.15) is 17.0 Å². The predicted molar refractivity (Wildman–Crippen MR) is 152 cm³/mol. The summed E-state index contributed by atoms with van der Waals surface area (Å²) in [6.07, 6.45) is -1.19. The first-order chi connectivity index (χ1) is 19.4. The quantitative estimate of drug-likeness (QED) is 0.124. The fourth-order valence-corrected chi connectivity index (χ4v) is 5.64. The Morgan fingerprint density at radius 2 is 1.76 bits per heavy atom. The number of halogens is 4. The van der Waals surface area contributed by atoms with Crippen molar-refractivity contribution in [2.24, 2.45) is 0 Å². The normalized spacial score (nSPS) is 16.7. The number of ether oxygens (including phenoxy) is 2. The first-order valence-corrected chi connectivity index (χ1v) is 14.3. The van der Waals surface area contributed by atoms with E-state index >= 15 is 0 Å². The van der Waals surface area contributed by atoms with Crippen molar-refractivity contribution in [3.8, 4) is 11.5 Å². The number of aliphatic hydroxyl groups excluding tert-OH is 1. The molecule has 41 heavy (non-hydrogen) atoms. The van der Waals surface area contributed by atoms with E-state index in [0.29, 0.717) is 18.4 Å². The highest BCUT2D eigenvalue weighted by atomic mass is 35.5. The van der Waals surface area contributed by atoms with Crippen LogP contribution in [0.2, 0.25) is 5.02 Å². The number of unbranched alkanes of at least 4 members (excludes halogenated alkanes) is 1. The zero-order valence-electron chi connectivity index (χ0n) is 23.3. The van der Waals surface area contributed by atoms with E-state index < -0.39 is 47.9 Å². The van der Waals surface area contributed by atoms with Crippen LogP contribution in [0.1, 0.15) is 74.7 Å². The van der Waals surface area contributed by atoms with Crippen molar-refractivity contribution >= 4 is 35.2 Å². The summed E-state index contributed by atoms with van der Waals surface area (Å²) in [5.41, 5.74) is -1.75. The molecule has 0 saturated heterocycles. The summed E-state index contributed by atoms with van der Waals surface area (Å²) in [4.78, 5) is 26.6. The summed E-state index contributed by atoms with van der Waals surface area (Å²) >= 11 is 13.6. The molecule has 0 aromatic heterocycles. The summed E-state index contributed by atoms with van der Waals surface area (Å²) in [5.74, 6) is -4.36. The maximum absolute atomic E-state index is 13.7. The monoisotopic (exact) mass is 616 g/mol. The number of aryl methyl sites for hydroxylation is 1. The number of alkyl halides is 3. The largest absolute Gasteiger partial charge is 0.493 e. The second-order valence-electron chi connectivity index (χ2n) is 10.1. The Bertz CT molecular complexity index is 1210. The number of amides is 2. The first-order valence-electron chi connectivity index (χ1n) is 13.5. The molecule has 0 bridgehead atoms. The van der Waals surface area contributed by atoms with E-state index in [1.54, 1.807) is 13.8 Å². The number of carbonyl (C=O) groups is 2. The number of urea groups is 1. The van der Waals surface area contributed by atoms with Gasteiger partial charge in [0.2, 0.25) is 0 Å². The van der Waals surface area contributed by atoms with Gasteiger partial charge in [-0.3, -0.25) is 0 Å². The Balaban J connectivity index is 1.96. The molecule has 2 unspecified atom stereocenters. The molecule has 0 aliphatic heterocycles. The van der Waals surface area contributed by atoms with Crippen molar-refractivity contribution in [3.05, 3.63) is 58.1 Å². The van der Waals surface area contributed by atoms with Crippen molar-refractivity contribution < 1.29 is 38.1 Å². The molecule has 2 amide bonds. The Hall–Kier alpha value is -2.82. The molecule has 2 aromatic carbocycles. The lowest BCUT2D eigenvalue weighted by atomic mass is 9.73. The zero-order valence-corrected chi connectivity index (χ0v) is 24.8. The van der Waals surface area contributed by atoms with Gasteiger partial charge in [-0.25, -0.2) is 18.4 Å². The SMILES string of the molecule is CCOc1cc(C(Cl)N(CCCCc2ccccc2)C(=O)NC2(C(=O)O)CC(F)(F)C2)c(Cl)c(OCC)c1C(C)O. The smallest absolute Gasteiger partial charge is 0.329 e. The highest BCUT2D eigenvalue weighted by Gasteiger charge is 2.62. The van der Waals surface area contributed by atoms with E-state index in [4.69, 9.17) is 32.7 Å². The van der Waals surface area contributed by atoms with Crippen molar-refractivity contribution in [2.75, 3.05) is 19.8 Å². The van der Waals surface area contributed by atoms with Crippen molar-refractivity contribution in [2.45, 2.75) is 75.9 Å². The zero-order chi connectivity index (χ0) is 30.4. The Kier molecular flexibility index (Phi) is 11.1. The van der Waals surface area contributed by atoms with Crippen LogP contribution in [0.3, 0.4) is 0 Å². The van der Waals surface area contributed by atoms with Crippen LogP contribution in [0.15, 0.2) is 36.4 Å². The number of rotatable bonds is 14. The van der Waals surface area contributed by atoms with Crippen LogP contribution in [-0.2, 0) is 11.2 Å². The maximum Gasteiger partial charge on any atom is 0.329 e. The summed E-state index contributed by atoms with van der Waals surface area (Å²) in [6, 6.07) is 10.3. The van der Waals surface area contributed by atoms with Crippen molar-refractivity contribution in [3.63, 3.8) is 0 Å². The van der Waals surface area contributed by atoms with Gasteiger partial charge < -0.3 is 29.9 Å². The van der Waals surface area contributed by atoms with Gasteiger partial charge in [-0.1, -0.05) is 53.5 Å². The maximum atomic E-state index is 13.7. The van der Waals surface area contributed by atoms with Gasteiger partial charge in [-0.2, -0.15) is 0 Å². The average molecular weight is 618 g/mol. The lowest BCUT2D eigenvalue weighted by Gasteiger charge is -2.45. The van der Waals surface area contributed by atoms with Crippen LogP contribution < -0.4 is 14.8 Å². The lowest BCUT2D eigenvalue weighted by molar-refractivity contribution is -0.175. The molecule has 12 heteroatoms. The molecule has 226 valence electrons. The molecule has 2 atom stereocenters. The molecule has 8 nitrogen and oxygen atoms in total. The summed E-state index contributed by atoms with van der Waals surface area (Å²) < 4.78 is 39.0. The highest BCUT2D eigenvalue weighted by Crippen LogP contribution is 2.48. The number of carboxylic acid groups (broad SMARTS) is 1. The second kappa shape index (κ2) is 13.9. The standard InChI is InChI=1S/C29H36Cl2F2N2O6/c1-4-40-21-15-20(23(30)24(41-5-2)22(21)18(3)36)25(31)35(14-10-9-13-19-11-7-6-8-12-19)27(39)34-28(26(37)38)16-29(32,33)17-28/h6-8,11-12,15,18,25,36H,4-5,9-10,13-14,16-17H2,1-3H3,(H,34,39)(H,37,38). The molecular formula is C29H36Cl2F2N2O6. The number of aliphatic hydroxyl groups is 1. The van der Waals surface area contributed by atoms with E-state index in [9.17, 15) is 28.6 Å². The highest BCUT2D eigenvalue weighted by molar-refractivity contribution is 6.34. The van der Waals surface area contributed by atoms with E-state index in [1.165, 1.54) is 17.9 Å². The molecule has 0 heterocycles. The van der Waals surface area contributed by atoms with Crippen LogP contribution in [0.25, 0.3) is 0 Å². The van der Waals surface area contributed by atoms with E-state index in [0.717, 1.165) is 12.0 Å². The number of carboxylic acids is 1. The summed E-state index contributed by atoms with van der Waals surface area (Å²) in [5, 5.41) is 22.5. The van der Waals surface area contributed by atoms with Gasteiger partial charge in [-0.15, -0.1) is 0 Å². The molecule has 2 aromatic rings. The number of nitrogens with one attached hydrogen (secondary N) is 1. The van der Waals surface area contributed by atoms with Crippen LogP contribution >= 0.6 is 23.2 Å². The van der Waals surface area contributed by atoms with E-state index in [1.807, 2.05) is 30.3 Å². The fourth-order valence-electron chi connectivity index (χ4n) is 4.92. The van der Waals surface area contributed by atoms with Crippen LogP contribution in [0.4, 0.5) is 13.6 Å². The predicted octanol–water partition coefficient (Wildman–Crippen LogP) is 6.72. The minimum absolute atomic E-state index is 0.0383. The van der Waals surface area contributed by atoms with E-state index in [-0.39, 0.29) is 41.8 Å². The molecule has 3 N–H and O–H groups in total. The number of hydrogen-bond acceptors (Lipinski definition) is 5. The Morgan fingerprint density at radius 3 is 2.29 bits per heavy atom. The van der Waals surface area contributed by atoms with Crippen LogP contribution in [0, 0.1) is 0 Å². The molecule has 3 rings (SSSR count). The van der Waals surface area contributed by atoms with Gasteiger partial charge in [0.25, 0.3) is 5.92 Å². The fraction of sp³-hybridized carbons (Fsp3) is 0.517. The lowest BCUT2D eigenvalue weighted by Crippen LogP contribution is -2.68. The molecule has 1 saturated carbocycles. The number of nitrogens with zero attached hydrogens (tertiary/aromatic N) is 1. The van der Waals surface area contributed by atoms with Gasteiger partial charge in [0.05, 0.1) is 29.9 Å². The van der Waals surface area contributed by atoms with Crippen molar-refractivity contribution in [1.29, 1.82) is 0 Å². The Labute approximate surface area is 248 Å². The number of hydrogen-bond donors (Lipinski definition) is 3. The number of benzene rings is 2. The Morgan fingerprint density at radius 1 is 1.12 bits per heavy atom. The molecule has 1 fully saturated rings. The average Bonchev–Trinajstić information content (AvgIpc) is 2.89. The van der Waals surface area contributed by atoms with Gasteiger partial charge in [-0.05, 0) is 51.7 Å². The molecule has 0 radical (unpaired) electrons. The van der Waals surface area contributed by atoms with Gasteiger partial charge in [0.15, 0.2) is 5.54 Å². The van der Waals surface area contributed by atoms with E-state index in [2.05, 4.69) is 5.32 Å². The van der Waals surface area contributed by atoms with Gasteiger partial charge in [0, 0.05) is 24.9 Å². The number of carbonyl (C=O) groups excluding carboxylic acids is 1. The molecule has 0 spiro atoms. The molecule has 1 aliphatic rings. The summed E-state index contributed by atoms with van der Waals surface area (Å²) in [7, 11) is 0. The van der Waals surface area contributed by atoms with Crippen molar-refractivity contribution in [1.82, 2.24) is 10.2 Å². The van der Waals surface area contributed by atoms with Crippen LogP contribution in [-0.4, -0.2) is 58.3 Å². The third-order valence-corrected chi connectivity index (χ3v) is 7.74. The third-order valence-electron chi connectivity index (χ3n) is 6.88. The molecule has 1 aliphatic carbocycles. The van der Waals surface area contributed by atoms with Crippen LogP contribution in [0.5, 0.6) is 11.5 Å². The molecular weight excluding hydrogens is 581 g/mol. The minimum Gasteiger partial charge on any atom is -0.493 e. The van der Waals surface area contributed by atoms with Gasteiger partial charge >= 0.3 is 12.0 Å². The first kappa shape index (κ1) is 32.7. The minimum atomic E-state index is -3.20.